The van der Waals surface area contributed by atoms with Crippen molar-refractivity contribution in [2.75, 3.05) is 19.7 Å². The Morgan fingerprint density at radius 2 is 2.11 bits per heavy atom. The van der Waals surface area contributed by atoms with Gasteiger partial charge in [-0.2, -0.15) is 5.10 Å². The van der Waals surface area contributed by atoms with Crippen molar-refractivity contribution in [1.29, 1.82) is 0 Å². The van der Waals surface area contributed by atoms with Crippen molar-refractivity contribution in [3.05, 3.63) is 53.0 Å². The number of amides is 1. The van der Waals surface area contributed by atoms with Crippen molar-refractivity contribution < 1.29 is 9.53 Å². The molecule has 4 heterocycles. The predicted molar refractivity (Wildman–Crippen MR) is 103 cm³/mol. The normalized spacial score (nSPS) is 18.8. The number of H-pyrrole nitrogens is 2. The molecule has 1 spiro atoms. The molecule has 0 atom stereocenters. The molecule has 140 valence electrons. The van der Waals surface area contributed by atoms with Gasteiger partial charge in [-0.25, -0.2) is 0 Å². The molecule has 2 N–H and O–H groups in total. The summed E-state index contributed by atoms with van der Waals surface area (Å²) in [6.07, 6.45) is 5.26. The number of rotatable bonds is 2. The number of carbonyl (C=O) groups excluding carboxylic acids is 1. The van der Waals surface area contributed by atoms with Crippen LogP contribution < -0.4 is 0 Å². The molecule has 1 saturated heterocycles. The smallest absolute Gasteiger partial charge is 0.270 e. The fourth-order valence-electron chi connectivity index (χ4n) is 4.70. The lowest BCUT2D eigenvalue weighted by Gasteiger charge is -2.43. The van der Waals surface area contributed by atoms with Gasteiger partial charge in [0, 0.05) is 24.0 Å². The van der Waals surface area contributed by atoms with Crippen LogP contribution in [0.2, 0.25) is 0 Å². The van der Waals surface area contributed by atoms with Crippen LogP contribution >= 0.6 is 0 Å². The van der Waals surface area contributed by atoms with Crippen LogP contribution in [0.25, 0.3) is 10.9 Å². The molecule has 5 rings (SSSR count). The molecule has 6 heteroatoms. The summed E-state index contributed by atoms with van der Waals surface area (Å²) in [6.45, 7) is 4.21. The lowest BCUT2D eigenvalue weighted by Crippen LogP contribution is -2.48. The van der Waals surface area contributed by atoms with Gasteiger partial charge in [0.25, 0.3) is 5.91 Å². The molecule has 0 unspecified atom stereocenters. The molecule has 3 aromatic rings. The van der Waals surface area contributed by atoms with Gasteiger partial charge in [0.15, 0.2) is 0 Å². The Kier molecular flexibility index (Phi) is 3.82. The van der Waals surface area contributed by atoms with Gasteiger partial charge in [-0.1, -0.05) is 25.1 Å². The zero-order valence-corrected chi connectivity index (χ0v) is 15.5. The third kappa shape index (κ3) is 2.51. The first-order valence-corrected chi connectivity index (χ1v) is 9.77. The summed E-state index contributed by atoms with van der Waals surface area (Å²) in [5.74, 6) is 0.0959. The molecule has 2 aliphatic rings. The van der Waals surface area contributed by atoms with Gasteiger partial charge in [0.05, 0.1) is 18.5 Å². The van der Waals surface area contributed by atoms with E-state index in [-0.39, 0.29) is 11.5 Å². The Bertz CT molecular complexity index is 995. The molecule has 0 aliphatic carbocycles. The van der Waals surface area contributed by atoms with Crippen LogP contribution in [0.3, 0.4) is 0 Å². The Morgan fingerprint density at radius 1 is 1.30 bits per heavy atom. The first kappa shape index (κ1) is 16.6. The zero-order valence-electron chi connectivity index (χ0n) is 15.5. The van der Waals surface area contributed by atoms with Crippen molar-refractivity contribution in [3.63, 3.8) is 0 Å². The number of nitrogens with zero attached hydrogens (tertiary/aromatic N) is 2. The summed E-state index contributed by atoms with van der Waals surface area (Å²) < 4.78 is 6.20. The SMILES string of the molecule is CCc1c(C(=O)N2CCC3(CC2)OCCc2cn[nH]c23)[nH]c2ccccc12. The number of benzene rings is 1. The van der Waals surface area contributed by atoms with Crippen LogP contribution in [-0.4, -0.2) is 45.7 Å². The van der Waals surface area contributed by atoms with Gasteiger partial charge in [0.1, 0.15) is 11.3 Å². The minimum absolute atomic E-state index is 0.0959. The second kappa shape index (κ2) is 6.23. The van der Waals surface area contributed by atoms with Crippen LogP contribution in [0.4, 0.5) is 0 Å². The van der Waals surface area contributed by atoms with Crippen molar-refractivity contribution in [2.45, 2.75) is 38.2 Å². The molecule has 1 aromatic carbocycles. The number of para-hydroxylation sites is 1. The van der Waals surface area contributed by atoms with E-state index in [0.717, 1.165) is 60.1 Å². The monoisotopic (exact) mass is 364 g/mol. The van der Waals surface area contributed by atoms with E-state index in [9.17, 15) is 4.79 Å². The number of ether oxygens (including phenoxy) is 1. The van der Waals surface area contributed by atoms with Gasteiger partial charge in [-0.3, -0.25) is 9.89 Å². The second-order valence-corrected chi connectivity index (χ2v) is 7.53. The number of carbonyl (C=O) groups is 1. The molecule has 27 heavy (non-hydrogen) atoms. The number of hydrogen-bond acceptors (Lipinski definition) is 3. The van der Waals surface area contributed by atoms with E-state index in [2.05, 4.69) is 28.2 Å². The molecular weight excluding hydrogens is 340 g/mol. The Labute approximate surface area is 157 Å². The molecule has 0 saturated carbocycles. The average Bonchev–Trinajstić information content (AvgIpc) is 3.33. The summed E-state index contributed by atoms with van der Waals surface area (Å²) in [4.78, 5) is 18.6. The number of likely N-dealkylation sites (tertiary alicyclic amines) is 1. The molecule has 6 nitrogen and oxygen atoms in total. The van der Waals surface area contributed by atoms with E-state index in [1.807, 2.05) is 29.3 Å². The minimum Gasteiger partial charge on any atom is -0.368 e. The lowest BCUT2D eigenvalue weighted by molar-refractivity contribution is -0.0962. The highest BCUT2D eigenvalue weighted by atomic mass is 16.5. The van der Waals surface area contributed by atoms with E-state index in [4.69, 9.17) is 4.74 Å². The highest BCUT2D eigenvalue weighted by Gasteiger charge is 2.43. The highest BCUT2D eigenvalue weighted by molar-refractivity contribution is 6.01. The number of hydrogen-bond donors (Lipinski definition) is 2. The van der Waals surface area contributed by atoms with E-state index in [1.54, 1.807) is 0 Å². The summed E-state index contributed by atoms with van der Waals surface area (Å²) >= 11 is 0. The van der Waals surface area contributed by atoms with Crippen molar-refractivity contribution in [2.24, 2.45) is 0 Å². The van der Waals surface area contributed by atoms with Crippen LogP contribution in [-0.2, 0) is 23.2 Å². The lowest BCUT2D eigenvalue weighted by atomic mass is 9.83. The average molecular weight is 364 g/mol. The first-order valence-electron chi connectivity index (χ1n) is 9.77. The summed E-state index contributed by atoms with van der Waals surface area (Å²) in [6, 6.07) is 8.14. The van der Waals surface area contributed by atoms with E-state index < -0.39 is 0 Å². The molecule has 2 aromatic heterocycles. The number of aryl methyl sites for hydroxylation is 1. The quantitative estimate of drug-likeness (QED) is 0.733. The molecule has 1 fully saturated rings. The highest BCUT2D eigenvalue weighted by Crippen LogP contribution is 2.40. The van der Waals surface area contributed by atoms with Gasteiger partial charge in [0.2, 0.25) is 0 Å². The molecule has 0 bridgehead atoms. The maximum absolute atomic E-state index is 13.2. The Hall–Kier alpha value is -2.60. The van der Waals surface area contributed by atoms with Crippen molar-refractivity contribution >= 4 is 16.8 Å². The maximum atomic E-state index is 13.2. The number of fused-ring (bicyclic) bond motifs is 3. The van der Waals surface area contributed by atoms with Gasteiger partial charge < -0.3 is 14.6 Å². The third-order valence-electron chi connectivity index (χ3n) is 6.16. The fourth-order valence-corrected chi connectivity index (χ4v) is 4.70. The number of aromatic amines is 2. The molecule has 1 amide bonds. The topological polar surface area (TPSA) is 74.0 Å². The summed E-state index contributed by atoms with van der Waals surface area (Å²) in [5.41, 5.74) is 4.94. The van der Waals surface area contributed by atoms with Gasteiger partial charge >= 0.3 is 0 Å². The molecule has 0 radical (unpaired) electrons. The largest absolute Gasteiger partial charge is 0.368 e. The van der Waals surface area contributed by atoms with Gasteiger partial charge in [-0.15, -0.1) is 0 Å². The Balaban J connectivity index is 1.40. The zero-order chi connectivity index (χ0) is 18.4. The molecule has 2 aliphatic heterocycles. The van der Waals surface area contributed by atoms with E-state index in [0.29, 0.717) is 13.1 Å². The van der Waals surface area contributed by atoms with E-state index in [1.165, 1.54) is 5.56 Å². The number of aromatic nitrogens is 3. The van der Waals surface area contributed by atoms with Crippen LogP contribution in [0, 0.1) is 0 Å². The Morgan fingerprint density at radius 3 is 2.93 bits per heavy atom. The third-order valence-corrected chi connectivity index (χ3v) is 6.16. The standard InChI is InChI=1S/C21H24N4O2/c1-2-15-16-5-3-4-6-17(16)23-18(15)20(26)25-10-8-21(9-11-25)19-14(7-12-27-21)13-22-24-19/h3-6,13,23H,2,7-12H2,1H3,(H,22,24). The van der Waals surface area contributed by atoms with Gasteiger partial charge in [-0.05, 0) is 42.9 Å². The van der Waals surface area contributed by atoms with Crippen LogP contribution in [0.1, 0.15) is 47.1 Å². The predicted octanol–water partition coefficient (Wildman–Crippen LogP) is 3.16. The number of piperidine rings is 1. The van der Waals surface area contributed by atoms with E-state index >= 15 is 0 Å². The minimum atomic E-state index is -0.311. The van der Waals surface area contributed by atoms with Crippen LogP contribution in [0.5, 0.6) is 0 Å². The first-order chi connectivity index (χ1) is 13.2. The molecular formula is C21H24N4O2. The fraction of sp³-hybridized carbons (Fsp3) is 0.429. The van der Waals surface area contributed by atoms with Crippen LogP contribution in [0.15, 0.2) is 30.5 Å². The summed E-state index contributed by atoms with van der Waals surface area (Å²) in [7, 11) is 0. The number of nitrogens with one attached hydrogen (secondary N) is 2. The second-order valence-electron chi connectivity index (χ2n) is 7.53. The maximum Gasteiger partial charge on any atom is 0.270 e. The summed E-state index contributed by atoms with van der Waals surface area (Å²) in [5, 5.41) is 8.50. The van der Waals surface area contributed by atoms with Crippen molar-refractivity contribution in [1.82, 2.24) is 20.1 Å². The van der Waals surface area contributed by atoms with Crippen molar-refractivity contribution in [3.8, 4) is 0 Å².